The quantitative estimate of drug-likeness (QED) is 0.727. The minimum Gasteiger partial charge on any atom is -0.410 e. The van der Waals surface area contributed by atoms with E-state index in [0.717, 1.165) is 24.5 Å². The van der Waals surface area contributed by atoms with Gasteiger partial charge in [0.05, 0.1) is 12.7 Å². The van der Waals surface area contributed by atoms with Crippen LogP contribution in [0.2, 0.25) is 19.1 Å². The van der Waals surface area contributed by atoms with E-state index in [-0.39, 0.29) is 6.10 Å². The van der Waals surface area contributed by atoms with Crippen LogP contribution in [-0.2, 0) is 15.6 Å². The van der Waals surface area contributed by atoms with Crippen molar-refractivity contribution in [2.75, 3.05) is 13.7 Å². The molecule has 21 heavy (non-hydrogen) atoms. The van der Waals surface area contributed by atoms with Crippen LogP contribution >= 0.6 is 0 Å². The van der Waals surface area contributed by atoms with Gasteiger partial charge in [-0.05, 0) is 48.7 Å². The van der Waals surface area contributed by atoms with Gasteiger partial charge in [0.2, 0.25) is 0 Å². The Morgan fingerprint density at radius 2 is 2.05 bits per heavy atom. The largest absolute Gasteiger partial charge is 0.410 e. The summed E-state index contributed by atoms with van der Waals surface area (Å²) in [6.45, 7) is 9.32. The van der Waals surface area contributed by atoms with Crippen molar-refractivity contribution >= 4 is 8.32 Å². The molecule has 0 spiro atoms. The first kappa shape index (κ1) is 16.2. The van der Waals surface area contributed by atoms with Gasteiger partial charge in [-0.25, -0.2) is 0 Å². The number of rotatable bonds is 6. The van der Waals surface area contributed by atoms with Crippen LogP contribution in [0.1, 0.15) is 12.0 Å². The first-order valence-corrected chi connectivity index (χ1v) is 10.7. The fraction of sp³-hybridized carbons (Fsp3) is 0.444. The van der Waals surface area contributed by atoms with Gasteiger partial charge >= 0.3 is 0 Å². The third kappa shape index (κ3) is 4.66. The van der Waals surface area contributed by atoms with E-state index in [4.69, 9.17) is 9.16 Å². The van der Waals surface area contributed by atoms with E-state index in [1.807, 2.05) is 0 Å². The van der Waals surface area contributed by atoms with Gasteiger partial charge in [0.25, 0.3) is 0 Å². The zero-order chi connectivity index (χ0) is 15.3. The van der Waals surface area contributed by atoms with E-state index in [0.29, 0.717) is 6.61 Å². The lowest BCUT2D eigenvalue weighted by molar-refractivity contribution is 0.198. The summed E-state index contributed by atoms with van der Waals surface area (Å²) in [7, 11) is 0.155. The Labute approximate surface area is 129 Å². The standard InChI is InChI=1S/C18H26O2Si/c1-15(14-19-2)17-12-13-21(3,4)20-18(17)11-10-16-8-6-5-7-9-16/h5-9,12,18H,1,10-11,13-14H2,2-4H3. The highest BCUT2D eigenvalue weighted by Gasteiger charge is 2.32. The molecule has 3 heteroatoms. The van der Waals surface area contributed by atoms with Gasteiger partial charge in [0.1, 0.15) is 0 Å². The van der Waals surface area contributed by atoms with Crippen LogP contribution in [0.25, 0.3) is 0 Å². The second-order valence-electron chi connectivity index (χ2n) is 6.29. The molecule has 1 aromatic carbocycles. The number of aryl methyl sites for hydroxylation is 1. The summed E-state index contributed by atoms with van der Waals surface area (Å²) in [6.07, 6.45) is 4.55. The molecular formula is C18H26O2Si. The maximum Gasteiger partial charge on any atom is 0.191 e. The van der Waals surface area contributed by atoms with Crippen molar-refractivity contribution in [1.29, 1.82) is 0 Å². The molecule has 1 aliphatic heterocycles. The SMILES string of the molecule is C=C(COC)C1=CC[Si](C)(C)OC1CCc1ccccc1. The normalized spacial score (nSPS) is 20.9. The van der Waals surface area contributed by atoms with Gasteiger partial charge in [0, 0.05) is 7.11 Å². The second kappa shape index (κ2) is 7.21. The Hall–Kier alpha value is -1.16. The minimum absolute atomic E-state index is 0.170. The van der Waals surface area contributed by atoms with Crippen molar-refractivity contribution in [1.82, 2.24) is 0 Å². The summed E-state index contributed by atoms with van der Waals surface area (Å²) >= 11 is 0. The molecule has 1 unspecified atom stereocenters. The van der Waals surface area contributed by atoms with Crippen molar-refractivity contribution in [3.8, 4) is 0 Å². The fourth-order valence-corrected chi connectivity index (χ4v) is 4.59. The number of ether oxygens (including phenoxy) is 1. The maximum absolute atomic E-state index is 6.43. The zero-order valence-electron chi connectivity index (χ0n) is 13.4. The Kier molecular flexibility index (Phi) is 5.56. The molecule has 1 heterocycles. The van der Waals surface area contributed by atoms with E-state index in [2.05, 4.69) is 56.1 Å². The van der Waals surface area contributed by atoms with E-state index >= 15 is 0 Å². The van der Waals surface area contributed by atoms with Crippen LogP contribution in [0.5, 0.6) is 0 Å². The molecule has 1 aromatic rings. The van der Waals surface area contributed by atoms with Crippen LogP contribution in [-0.4, -0.2) is 28.1 Å². The fourth-order valence-electron chi connectivity index (χ4n) is 2.77. The molecule has 1 atom stereocenters. The molecule has 0 aliphatic carbocycles. The molecule has 1 aliphatic rings. The first-order chi connectivity index (χ1) is 10.0. The van der Waals surface area contributed by atoms with Crippen molar-refractivity contribution in [2.24, 2.45) is 0 Å². The highest BCUT2D eigenvalue weighted by atomic mass is 28.4. The average molecular weight is 302 g/mol. The molecule has 0 amide bonds. The van der Waals surface area contributed by atoms with Crippen LogP contribution in [0.4, 0.5) is 0 Å². The summed E-state index contributed by atoms with van der Waals surface area (Å²) < 4.78 is 11.7. The molecule has 0 radical (unpaired) electrons. The zero-order valence-corrected chi connectivity index (χ0v) is 14.4. The molecule has 2 nitrogen and oxygen atoms in total. The number of methoxy groups -OCH3 is 1. The summed E-state index contributed by atoms with van der Waals surface area (Å²) in [4.78, 5) is 0. The third-order valence-corrected chi connectivity index (χ3v) is 6.00. The Morgan fingerprint density at radius 3 is 2.71 bits per heavy atom. The molecule has 0 bridgehead atoms. The predicted molar refractivity (Wildman–Crippen MR) is 91.0 cm³/mol. The smallest absolute Gasteiger partial charge is 0.191 e. The van der Waals surface area contributed by atoms with Gasteiger partial charge in [-0.1, -0.05) is 43.0 Å². The molecule has 0 fully saturated rings. The molecule has 114 valence electrons. The molecule has 0 N–H and O–H groups in total. The number of hydrogen-bond donors (Lipinski definition) is 0. The summed E-state index contributed by atoms with van der Waals surface area (Å²) in [5.41, 5.74) is 3.67. The molecule has 0 saturated heterocycles. The highest BCUT2D eigenvalue weighted by Crippen LogP contribution is 2.31. The van der Waals surface area contributed by atoms with Crippen LogP contribution in [0.3, 0.4) is 0 Å². The maximum atomic E-state index is 6.43. The van der Waals surface area contributed by atoms with Crippen molar-refractivity contribution in [2.45, 2.75) is 38.1 Å². The topological polar surface area (TPSA) is 18.5 Å². The number of hydrogen-bond acceptors (Lipinski definition) is 2. The Morgan fingerprint density at radius 1 is 1.33 bits per heavy atom. The van der Waals surface area contributed by atoms with Crippen molar-refractivity contribution in [3.05, 3.63) is 59.7 Å². The monoisotopic (exact) mass is 302 g/mol. The lowest BCUT2D eigenvalue weighted by atomic mass is 9.96. The van der Waals surface area contributed by atoms with Crippen LogP contribution in [0.15, 0.2) is 54.1 Å². The second-order valence-corrected chi connectivity index (χ2v) is 10.5. The van der Waals surface area contributed by atoms with Gasteiger partial charge < -0.3 is 9.16 Å². The van der Waals surface area contributed by atoms with Gasteiger partial charge in [0.15, 0.2) is 8.32 Å². The van der Waals surface area contributed by atoms with Crippen molar-refractivity contribution < 1.29 is 9.16 Å². The summed E-state index contributed by atoms with van der Waals surface area (Å²) in [5, 5.41) is 0. The Bertz CT molecular complexity index is 505. The highest BCUT2D eigenvalue weighted by molar-refractivity contribution is 6.71. The molecule has 0 aromatic heterocycles. The summed E-state index contributed by atoms with van der Waals surface area (Å²) in [6, 6.07) is 11.7. The summed E-state index contributed by atoms with van der Waals surface area (Å²) in [5.74, 6) is 0. The first-order valence-electron chi connectivity index (χ1n) is 7.61. The van der Waals surface area contributed by atoms with Crippen molar-refractivity contribution in [3.63, 3.8) is 0 Å². The molecule has 2 rings (SSSR count). The lowest BCUT2D eigenvalue weighted by Crippen LogP contribution is -2.40. The Balaban J connectivity index is 2.07. The third-order valence-electron chi connectivity index (χ3n) is 3.89. The predicted octanol–water partition coefficient (Wildman–Crippen LogP) is 4.35. The number of allylic oxidation sites excluding steroid dienone is 1. The van der Waals surface area contributed by atoms with Crippen LogP contribution in [0, 0.1) is 0 Å². The van der Waals surface area contributed by atoms with Gasteiger partial charge in [-0.3, -0.25) is 0 Å². The van der Waals surface area contributed by atoms with E-state index < -0.39 is 8.32 Å². The average Bonchev–Trinajstić information content (AvgIpc) is 2.45. The van der Waals surface area contributed by atoms with E-state index in [1.165, 1.54) is 11.1 Å². The van der Waals surface area contributed by atoms with E-state index in [9.17, 15) is 0 Å². The van der Waals surface area contributed by atoms with Crippen LogP contribution < -0.4 is 0 Å². The number of benzene rings is 1. The molecule has 0 saturated carbocycles. The van der Waals surface area contributed by atoms with E-state index in [1.54, 1.807) is 7.11 Å². The van der Waals surface area contributed by atoms with Gasteiger partial charge in [-0.15, -0.1) is 0 Å². The van der Waals surface area contributed by atoms with Gasteiger partial charge in [-0.2, -0.15) is 0 Å². The minimum atomic E-state index is -1.56. The molecular weight excluding hydrogens is 276 g/mol. The lowest BCUT2D eigenvalue weighted by Gasteiger charge is -2.35.